The van der Waals surface area contributed by atoms with Crippen molar-refractivity contribution in [3.05, 3.63) is 59.2 Å². The van der Waals surface area contributed by atoms with Gasteiger partial charge in [-0.1, -0.05) is 41.1 Å². The van der Waals surface area contributed by atoms with E-state index >= 15 is 0 Å². The predicted octanol–water partition coefficient (Wildman–Crippen LogP) is 3.09. The highest BCUT2D eigenvalue weighted by Gasteiger charge is 2.18. The molecule has 6 heteroatoms. The zero-order valence-corrected chi connectivity index (χ0v) is 12.7. The lowest BCUT2D eigenvalue weighted by molar-refractivity contribution is 0.277. The molecule has 0 saturated heterocycles. The minimum Gasteiger partial charge on any atom is -0.497 e. The topological polar surface area (TPSA) is 60.2 Å². The number of hydrogen-bond donors (Lipinski definition) is 1. The molecule has 0 amide bonds. The van der Waals surface area contributed by atoms with Crippen LogP contribution in [0.5, 0.6) is 5.75 Å². The lowest BCUT2D eigenvalue weighted by Gasteiger charge is -2.10. The highest BCUT2D eigenvalue weighted by atomic mass is 35.5. The first-order chi connectivity index (χ1) is 10.7. The predicted molar refractivity (Wildman–Crippen MR) is 84.3 cm³/mol. The van der Waals surface area contributed by atoms with E-state index in [0.29, 0.717) is 22.2 Å². The van der Waals surface area contributed by atoms with Crippen LogP contribution in [-0.4, -0.2) is 27.2 Å². The molecule has 0 bridgehead atoms. The molecule has 0 aliphatic carbocycles. The summed E-state index contributed by atoms with van der Waals surface area (Å²) in [6.07, 6.45) is 0. The van der Waals surface area contributed by atoms with Crippen LogP contribution in [0.25, 0.3) is 16.9 Å². The Morgan fingerprint density at radius 1 is 1.18 bits per heavy atom. The number of methoxy groups -OCH3 is 1. The van der Waals surface area contributed by atoms with Gasteiger partial charge in [0.1, 0.15) is 17.1 Å². The van der Waals surface area contributed by atoms with Gasteiger partial charge in [-0.25, -0.2) is 4.68 Å². The Morgan fingerprint density at radius 3 is 2.73 bits per heavy atom. The first kappa shape index (κ1) is 14.6. The fourth-order valence-corrected chi connectivity index (χ4v) is 2.49. The number of nitrogens with zero attached hydrogens (tertiary/aromatic N) is 3. The van der Waals surface area contributed by atoms with Gasteiger partial charge in [0.15, 0.2) is 0 Å². The number of rotatable bonds is 4. The average molecular weight is 316 g/mol. The molecule has 5 nitrogen and oxygen atoms in total. The van der Waals surface area contributed by atoms with Gasteiger partial charge >= 0.3 is 0 Å². The maximum absolute atomic E-state index is 9.55. The summed E-state index contributed by atoms with van der Waals surface area (Å²) in [6, 6.07) is 14.8. The van der Waals surface area contributed by atoms with Gasteiger partial charge in [-0.2, -0.15) is 0 Å². The van der Waals surface area contributed by atoms with Crippen molar-refractivity contribution in [1.82, 2.24) is 15.0 Å². The van der Waals surface area contributed by atoms with Gasteiger partial charge < -0.3 is 9.84 Å². The molecule has 112 valence electrons. The largest absolute Gasteiger partial charge is 0.497 e. The van der Waals surface area contributed by atoms with Crippen LogP contribution in [0.15, 0.2) is 48.5 Å². The van der Waals surface area contributed by atoms with Crippen LogP contribution in [-0.2, 0) is 6.61 Å². The molecule has 2 aromatic carbocycles. The summed E-state index contributed by atoms with van der Waals surface area (Å²) in [5.74, 6) is 0.712. The van der Waals surface area contributed by atoms with Gasteiger partial charge in [-0.15, -0.1) is 5.10 Å². The van der Waals surface area contributed by atoms with Gasteiger partial charge in [0.25, 0.3) is 0 Å². The fourth-order valence-electron chi connectivity index (χ4n) is 2.27. The molecule has 0 radical (unpaired) electrons. The average Bonchev–Trinajstić information content (AvgIpc) is 2.99. The Morgan fingerprint density at radius 2 is 2.00 bits per heavy atom. The Bertz CT molecular complexity index is 802. The zero-order chi connectivity index (χ0) is 15.5. The van der Waals surface area contributed by atoms with E-state index in [1.54, 1.807) is 17.9 Å². The van der Waals surface area contributed by atoms with Crippen molar-refractivity contribution in [3.63, 3.8) is 0 Å². The van der Waals surface area contributed by atoms with Crippen LogP contribution in [0.3, 0.4) is 0 Å². The van der Waals surface area contributed by atoms with Crippen LogP contribution in [0.1, 0.15) is 5.69 Å². The maximum Gasteiger partial charge on any atom is 0.121 e. The second-order valence-corrected chi connectivity index (χ2v) is 5.04. The number of aliphatic hydroxyl groups excluding tert-OH is 1. The summed E-state index contributed by atoms with van der Waals surface area (Å²) >= 11 is 6.29. The zero-order valence-electron chi connectivity index (χ0n) is 11.9. The van der Waals surface area contributed by atoms with Crippen molar-refractivity contribution in [2.75, 3.05) is 7.11 Å². The van der Waals surface area contributed by atoms with E-state index in [4.69, 9.17) is 16.3 Å². The van der Waals surface area contributed by atoms with E-state index in [0.717, 1.165) is 11.3 Å². The molecule has 0 saturated carbocycles. The lowest BCUT2D eigenvalue weighted by Crippen LogP contribution is -2.01. The molecule has 1 heterocycles. The molecule has 0 unspecified atom stereocenters. The SMILES string of the molecule is COc1cccc(-n2nnc(CO)c2-c2ccccc2Cl)c1. The minimum atomic E-state index is -0.218. The molecule has 3 aromatic rings. The van der Waals surface area contributed by atoms with E-state index in [9.17, 15) is 5.11 Å². The second kappa shape index (κ2) is 6.17. The molecule has 1 aromatic heterocycles. The molecule has 1 N–H and O–H groups in total. The normalized spacial score (nSPS) is 10.7. The van der Waals surface area contributed by atoms with Gasteiger partial charge in [-0.05, 0) is 18.2 Å². The first-order valence-electron chi connectivity index (χ1n) is 6.69. The Hall–Kier alpha value is -2.37. The molecular formula is C16H14ClN3O2. The third kappa shape index (κ3) is 2.56. The van der Waals surface area contributed by atoms with Crippen molar-refractivity contribution < 1.29 is 9.84 Å². The minimum absolute atomic E-state index is 0.218. The number of halogens is 1. The quantitative estimate of drug-likeness (QED) is 0.803. The summed E-state index contributed by atoms with van der Waals surface area (Å²) < 4.78 is 6.89. The van der Waals surface area contributed by atoms with Gasteiger partial charge in [0, 0.05) is 11.6 Å². The monoisotopic (exact) mass is 315 g/mol. The lowest BCUT2D eigenvalue weighted by atomic mass is 10.1. The molecule has 0 atom stereocenters. The van der Waals surface area contributed by atoms with Crippen LogP contribution in [0.4, 0.5) is 0 Å². The highest BCUT2D eigenvalue weighted by molar-refractivity contribution is 6.33. The van der Waals surface area contributed by atoms with Crippen LogP contribution >= 0.6 is 11.6 Å². The first-order valence-corrected chi connectivity index (χ1v) is 7.07. The number of aromatic nitrogens is 3. The summed E-state index contributed by atoms with van der Waals surface area (Å²) in [5.41, 5.74) is 2.68. The Kier molecular flexibility index (Phi) is 4.09. The van der Waals surface area contributed by atoms with E-state index in [2.05, 4.69) is 10.3 Å². The van der Waals surface area contributed by atoms with Crippen molar-refractivity contribution in [2.45, 2.75) is 6.61 Å². The fraction of sp³-hybridized carbons (Fsp3) is 0.125. The molecule has 0 spiro atoms. The van der Waals surface area contributed by atoms with Crippen LogP contribution in [0, 0.1) is 0 Å². The molecule has 0 aliphatic heterocycles. The van der Waals surface area contributed by atoms with E-state index in [1.807, 2.05) is 42.5 Å². The van der Waals surface area contributed by atoms with E-state index in [-0.39, 0.29) is 6.61 Å². The molecule has 0 aliphatic rings. The summed E-state index contributed by atoms with van der Waals surface area (Å²) in [4.78, 5) is 0. The van der Waals surface area contributed by atoms with Crippen molar-refractivity contribution in [1.29, 1.82) is 0 Å². The third-order valence-corrected chi connectivity index (χ3v) is 3.65. The molecule has 22 heavy (non-hydrogen) atoms. The summed E-state index contributed by atoms with van der Waals surface area (Å²) in [7, 11) is 1.61. The van der Waals surface area contributed by atoms with E-state index in [1.165, 1.54) is 0 Å². The van der Waals surface area contributed by atoms with Crippen molar-refractivity contribution >= 4 is 11.6 Å². The highest BCUT2D eigenvalue weighted by Crippen LogP contribution is 2.31. The Balaban J connectivity index is 2.21. The number of benzene rings is 2. The van der Waals surface area contributed by atoms with Gasteiger partial charge in [0.2, 0.25) is 0 Å². The van der Waals surface area contributed by atoms with Crippen LogP contribution in [0.2, 0.25) is 5.02 Å². The molecule has 3 rings (SSSR count). The number of ether oxygens (including phenoxy) is 1. The third-order valence-electron chi connectivity index (χ3n) is 3.32. The summed E-state index contributed by atoms with van der Waals surface area (Å²) in [6.45, 7) is -0.218. The molecule has 0 fully saturated rings. The van der Waals surface area contributed by atoms with Gasteiger partial charge in [0.05, 0.1) is 24.4 Å². The van der Waals surface area contributed by atoms with Crippen molar-refractivity contribution in [2.24, 2.45) is 0 Å². The maximum atomic E-state index is 9.55. The van der Waals surface area contributed by atoms with Crippen LogP contribution < -0.4 is 4.74 Å². The van der Waals surface area contributed by atoms with Gasteiger partial charge in [-0.3, -0.25) is 0 Å². The number of aliphatic hydroxyl groups is 1. The second-order valence-electron chi connectivity index (χ2n) is 4.64. The standard InChI is InChI=1S/C16H14ClN3O2/c1-22-12-6-4-5-11(9-12)20-16(15(10-21)18-19-20)13-7-2-3-8-14(13)17/h2-9,21H,10H2,1H3. The number of hydrogen-bond acceptors (Lipinski definition) is 4. The Labute approximate surface area is 132 Å². The smallest absolute Gasteiger partial charge is 0.121 e. The van der Waals surface area contributed by atoms with E-state index < -0.39 is 0 Å². The van der Waals surface area contributed by atoms with Crippen molar-refractivity contribution in [3.8, 4) is 22.7 Å². The molecular weight excluding hydrogens is 302 g/mol. The summed E-state index contributed by atoms with van der Waals surface area (Å²) in [5, 5.41) is 18.3.